The van der Waals surface area contributed by atoms with Crippen molar-refractivity contribution >= 4 is 72.8 Å². The van der Waals surface area contributed by atoms with Gasteiger partial charge in [-0.05, 0) is 68.0 Å². The fraction of sp³-hybridized carbons (Fsp3) is 0.105. The number of nitrogens with zero attached hydrogens (tertiary/aromatic N) is 4. The van der Waals surface area contributed by atoms with Crippen molar-refractivity contribution in [2.24, 2.45) is 0 Å². The number of fused-ring (bicyclic) bond motifs is 1. The number of aryl methyl sites for hydroxylation is 2. The van der Waals surface area contributed by atoms with E-state index in [1.54, 1.807) is 22.7 Å². The number of amides is 1. The summed E-state index contributed by atoms with van der Waals surface area (Å²) in [6.45, 7) is 3.81. The van der Waals surface area contributed by atoms with Crippen LogP contribution >= 0.6 is 51.1 Å². The Bertz CT molecular complexity index is 1300. The van der Waals surface area contributed by atoms with E-state index in [9.17, 15) is 4.79 Å². The molecular formula is C19H14BrClN6OS2. The topological polar surface area (TPSA) is 84.2 Å². The van der Waals surface area contributed by atoms with Gasteiger partial charge in [-0.25, -0.2) is 0 Å². The van der Waals surface area contributed by atoms with Crippen molar-refractivity contribution < 1.29 is 4.79 Å². The van der Waals surface area contributed by atoms with Gasteiger partial charge < -0.3 is 5.32 Å². The first-order chi connectivity index (χ1) is 14.3. The monoisotopic (exact) mass is 520 g/mol. The predicted octanol–water partition coefficient (Wildman–Crippen LogP) is 5.01. The van der Waals surface area contributed by atoms with Crippen molar-refractivity contribution in [2.75, 3.05) is 5.32 Å². The average molecular weight is 522 g/mol. The molecule has 0 aliphatic heterocycles. The quantitative estimate of drug-likeness (QED) is 0.369. The zero-order chi connectivity index (χ0) is 21.4. The Morgan fingerprint density at radius 2 is 2.00 bits per heavy atom. The molecule has 30 heavy (non-hydrogen) atoms. The van der Waals surface area contributed by atoms with Gasteiger partial charge in [0, 0.05) is 15.7 Å². The summed E-state index contributed by atoms with van der Waals surface area (Å²) in [6.07, 6.45) is 0. The van der Waals surface area contributed by atoms with Gasteiger partial charge in [0.2, 0.25) is 4.96 Å². The molecule has 0 saturated heterocycles. The molecule has 1 amide bonds. The highest BCUT2D eigenvalue weighted by atomic mass is 79.9. The van der Waals surface area contributed by atoms with Gasteiger partial charge in [-0.1, -0.05) is 38.9 Å². The fourth-order valence-corrected chi connectivity index (χ4v) is 4.41. The molecule has 0 radical (unpaired) electrons. The molecule has 152 valence electrons. The van der Waals surface area contributed by atoms with E-state index in [1.165, 1.54) is 11.3 Å². The number of nitrogens with one attached hydrogen (secondary N) is 2. The lowest BCUT2D eigenvalue weighted by molar-refractivity contribution is 0.0978. The lowest BCUT2D eigenvalue weighted by Crippen LogP contribution is -2.34. The van der Waals surface area contributed by atoms with Gasteiger partial charge in [0.05, 0.1) is 10.6 Å². The van der Waals surface area contributed by atoms with Crippen LogP contribution in [0.3, 0.4) is 0 Å². The minimum atomic E-state index is -0.386. The molecule has 11 heteroatoms. The van der Waals surface area contributed by atoms with E-state index in [4.69, 9.17) is 23.8 Å². The third-order valence-corrected chi connectivity index (χ3v) is 6.24. The molecule has 0 atom stereocenters. The standard InChI is InChI=1S/C19H14BrClN6OS2/c1-9-7-11(17-26-27-10(2)24-25-19(27)30-17)3-6-15(9)22-18(29)23-16(28)13-8-12(20)4-5-14(13)21/h3-8H,1-2H3,(H2,22,23,28,29). The van der Waals surface area contributed by atoms with Crippen LogP contribution in [-0.4, -0.2) is 30.8 Å². The number of carbonyl (C=O) groups is 1. The zero-order valence-electron chi connectivity index (χ0n) is 15.7. The highest BCUT2D eigenvalue weighted by Crippen LogP contribution is 2.28. The van der Waals surface area contributed by atoms with E-state index >= 15 is 0 Å². The van der Waals surface area contributed by atoms with E-state index in [1.807, 2.05) is 32.0 Å². The van der Waals surface area contributed by atoms with E-state index in [-0.39, 0.29) is 11.0 Å². The van der Waals surface area contributed by atoms with Crippen molar-refractivity contribution in [2.45, 2.75) is 13.8 Å². The van der Waals surface area contributed by atoms with Crippen LogP contribution in [0.15, 0.2) is 40.9 Å². The summed E-state index contributed by atoms with van der Waals surface area (Å²) in [6, 6.07) is 10.9. The number of rotatable bonds is 3. The summed E-state index contributed by atoms with van der Waals surface area (Å²) in [7, 11) is 0. The van der Waals surface area contributed by atoms with E-state index in [2.05, 4.69) is 41.9 Å². The smallest absolute Gasteiger partial charge is 0.258 e. The zero-order valence-corrected chi connectivity index (χ0v) is 19.7. The number of benzene rings is 2. The third kappa shape index (κ3) is 4.22. The molecule has 0 aliphatic rings. The average Bonchev–Trinajstić information content (AvgIpc) is 3.27. The number of thiocarbonyl (C=S) groups is 1. The van der Waals surface area contributed by atoms with Gasteiger partial charge in [-0.15, -0.1) is 10.2 Å². The molecule has 7 nitrogen and oxygen atoms in total. The number of hydrogen-bond donors (Lipinski definition) is 2. The van der Waals surface area contributed by atoms with Gasteiger partial charge >= 0.3 is 0 Å². The highest BCUT2D eigenvalue weighted by molar-refractivity contribution is 9.10. The van der Waals surface area contributed by atoms with E-state index in [0.717, 1.165) is 37.1 Å². The predicted molar refractivity (Wildman–Crippen MR) is 126 cm³/mol. The summed E-state index contributed by atoms with van der Waals surface area (Å²) >= 11 is 16.2. The Labute approximate surface area is 194 Å². The molecule has 2 heterocycles. The molecule has 0 spiro atoms. The Morgan fingerprint density at radius 1 is 1.20 bits per heavy atom. The van der Waals surface area contributed by atoms with Gasteiger partial charge in [0.1, 0.15) is 5.01 Å². The molecule has 0 fully saturated rings. The number of aromatic nitrogens is 4. The lowest BCUT2D eigenvalue weighted by Gasteiger charge is -2.13. The minimum Gasteiger partial charge on any atom is -0.332 e. The van der Waals surface area contributed by atoms with Gasteiger partial charge in [-0.2, -0.15) is 9.61 Å². The van der Waals surface area contributed by atoms with Gasteiger partial charge in [0.15, 0.2) is 10.9 Å². The largest absolute Gasteiger partial charge is 0.332 e. The van der Waals surface area contributed by atoms with Crippen molar-refractivity contribution in [3.8, 4) is 10.6 Å². The SMILES string of the molecule is Cc1cc(-c2nn3c(C)nnc3s2)ccc1NC(=S)NC(=O)c1cc(Br)ccc1Cl. The summed E-state index contributed by atoms with van der Waals surface area (Å²) in [5.41, 5.74) is 3.03. The third-order valence-electron chi connectivity index (χ3n) is 4.27. The normalized spacial score (nSPS) is 10.9. The first kappa shape index (κ1) is 20.9. The molecule has 0 saturated carbocycles. The van der Waals surface area contributed by atoms with Crippen molar-refractivity contribution in [1.29, 1.82) is 0 Å². The number of carbonyl (C=O) groups excluding carboxylic acids is 1. The van der Waals surface area contributed by atoms with Crippen LogP contribution < -0.4 is 10.6 Å². The Balaban J connectivity index is 1.48. The maximum Gasteiger partial charge on any atom is 0.258 e. The van der Waals surface area contributed by atoms with Crippen LogP contribution in [0, 0.1) is 13.8 Å². The number of halogens is 2. The highest BCUT2D eigenvalue weighted by Gasteiger charge is 2.14. The molecule has 4 aromatic rings. The van der Waals surface area contributed by atoms with Crippen molar-refractivity contribution in [1.82, 2.24) is 25.1 Å². The Hall–Kier alpha value is -2.40. The summed E-state index contributed by atoms with van der Waals surface area (Å²) in [5, 5.41) is 19.7. The molecule has 0 unspecified atom stereocenters. The molecule has 2 aromatic heterocycles. The molecule has 4 rings (SSSR count). The second-order valence-corrected chi connectivity index (χ2v) is 9.10. The fourth-order valence-electron chi connectivity index (χ4n) is 2.76. The number of hydrogen-bond acceptors (Lipinski definition) is 6. The van der Waals surface area contributed by atoms with Crippen molar-refractivity contribution in [3.05, 3.63) is 62.8 Å². The summed E-state index contributed by atoms with van der Waals surface area (Å²) in [4.78, 5) is 13.2. The van der Waals surface area contributed by atoms with Crippen LogP contribution in [0.2, 0.25) is 5.02 Å². The van der Waals surface area contributed by atoms with Crippen LogP contribution in [-0.2, 0) is 0 Å². The maximum atomic E-state index is 12.5. The summed E-state index contributed by atoms with van der Waals surface area (Å²) in [5.74, 6) is 0.359. The molecule has 2 aromatic carbocycles. The second-order valence-electron chi connectivity index (χ2n) is 6.41. The molecule has 2 N–H and O–H groups in total. The van der Waals surface area contributed by atoms with E-state index < -0.39 is 0 Å². The van der Waals surface area contributed by atoms with Gasteiger partial charge in [0.25, 0.3) is 5.91 Å². The van der Waals surface area contributed by atoms with Gasteiger partial charge in [-0.3, -0.25) is 10.1 Å². The van der Waals surface area contributed by atoms with E-state index in [0.29, 0.717) is 10.6 Å². The Kier molecular flexibility index (Phi) is 5.83. The molecule has 0 aliphatic carbocycles. The van der Waals surface area contributed by atoms with Crippen LogP contribution in [0.4, 0.5) is 5.69 Å². The summed E-state index contributed by atoms with van der Waals surface area (Å²) < 4.78 is 2.47. The van der Waals surface area contributed by atoms with Crippen molar-refractivity contribution in [3.63, 3.8) is 0 Å². The first-order valence-corrected chi connectivity index (χ1v) is 11.1. The minimum absolute atomic E-state index is 0.182. The molecular weight excluding hydrogens is 508 g/mol. The second kappa shape index (κ2) is 8.38. The van der Waals surface area contributed by atoms with Crippen LogP contribution in [0.5, 0.6) is 0 Å². The van der Waals surface area contributed by atoms with Crippen LogP contribution in [0.1, 0.15) is 21.7 Å². The Morgan fingerprint density at radius 3 is 2.73 bits per heavy atom. The number of anilines is 1. The van der Waals surface area contributed by atoms with Crippen LogP contribution in [0.25, 0.3) is 15.5 Å². The first-order valence-electron chi connectivity index (χ1n) is 8.69. The molecule has 0 bridgehead atoms. The lowest BCUT2D eigenvalue weighted by atomic mass is 10.1. The maximum absolute atomic E-state index is 12.5.